The van der Waals surface area contributed by atoms with Gasteiger partial charge in [-0.15, -0.1) is 0 Å². The highest BCUT2D eigenvalue weighted by Crippen LogP contribution is 2.50. The molecule has 0 heterocycles. The van der Waals surface area contributed by atoms with Crippen LogP contribution in [0.1, 0.15) is 73.8 Å². The Balaban J connectivity index is 3.18. The number of carbonyl (C=O) groups excluding carboxylic acids is 4. The highest BCUT2D eigenvalue weighted by molar-refractivity contribution is 7.53. The average molecular weight is 612 g/mol. The summed E-state index contributed by atoms with van der Waals surface area (Å²) in [5.41, 5.74) is 0.695. The van der Waals surface area contributed by atoms with Crippen LogP contribution >= 0.6 is 7.60 Å². The number of esters is 1. The highest BCUT2D eigenvalue weighted by Gasteiger charge is 2.41. The molecule has 11 nitrogen and oxygen atoms in total. The minimum atomic E-state index is -4.64. The normalized spacial score (nSPS) is 16.0. The molecule has 238 valence electrons. The molecule has 0 aliphatic rings. The van der Waals surface area contributed by atoms with Gasteiger partial charge in [-0.25, -0.2) is 4.79 Å². The van der Waals surface area contributed by atoms with Crippen LogP contribution in [-0.2, 0) is 39.4 Å². The molecule has 0 saturated heterocycles. The number of hydrogen-bond acceptors (Lipinski definition) is 7. The van der Waals surface area contributed by atoms with Crippen LogP contribution in [0.5, 0.6) is 0 Å². The van der Waals surface area contributed by atoms with E-state index >= 15 is 0 Å². The standard InChI is InChI=1S/C30H50N3O8P/c1-18(2)15-24(34)31-26(20(5)6)29(36)33-27(21(7)8)28(35)32-25(16-19(3)4)42(38,39)41-23(30(37)40-9)17-22-13-11-10-12-14-22/h10-14,18-21,23,25-27H,15-17H2,1-9H3,(H,31,34)(H,32,35)(H,33,36)(H,38,39)/t23-,25+,26-,27-/m0/s1. The second-order valence-electron chi connectivity index (χ2n) is 12.1. The molecule has 0 aliphatic heterocycles. The van der Waals surface area contributed by atoms with Gasteiger partial charge in [0.25, 0.3) is 0 Å². The third-order valence-corrected chi connectivity index (χ3v) is 8.19. The summed E-state index contributed by atoms with van der Waals surface area (Å²) in [6, 6.07) is 6.89. The van der Waals surface area contributed by atoms with Crippen molar-refractivity contribution in [1.82, 2.24) is 16.0 Å². The van der Waals surface area contributed by atoms with E-state index in [1.54, 1.807) is 58.0 Å². The molecule has 1 unspecified atom stereocenters. The molecule has 3 amide bonds. The Bertz CT molecular complexity index is 1080. The first-order valence-corrected chi connectivity index (χ1v) is 16.2. The first-order chi connectivity index (χ1) is 19.5. The molecular weight excluding hydrogens is 561 g/mol. The Labute approximate surface area is 250 Å². The molecule has 0 spiro atoms. The zero-order valence-electron chi connectivity index (χ0n) is 26.4. The van der Waals surface area contributed by atoms with Crippen molar-refractivity contribution in [3.8, 4) is 0 Å². The summed E-state index contributed by atoms with van der Waals surface area (Å²) in [5.74, 6) is -4.34. The van der Waals surface area contributed by atoms with Gasteiger partial charge in [0.05, 0.1) is 7.11 Å². The largest absolute Gasteiger partial charge is 0.467 e. The number of rotatable bonds is 17. The van der Waals surface area contributed by atoms with Crippen molar-refractivity contribution in [3.05, 3.63) is 35.9 Å². The van der Waals surface area contributed by atoms with Crippen molar-refractivity contribution < 1.29 is 37.9 Å². The quantitative estimate of drug-likeness (QED) is 0.153. The fourth-order valence-electron chi connectivity index (χ4n) is 4.27. The summed E-state index contributed by atoms with van der Waals surface area (Å²) in [6.45, 7) is 14.5. The van der Waals surface area contributed by atoms with Gasteiger partial charge < -0.3 is 25.6 Å². The molecule has 0 aromatic heterocycles. The average Bonchev–Trinajstić information content (AvgIpc) is 2.88. The van der Waals surface area contributed by atoms with Crippen LogP contribution in [0.4, 0.5) is 0 Å². The Hall–Kier alpha value is -2.75. The van der Waals surface area contributed by atoms with Gasteiger partial charge >= 0.3 is 13.6 Å². The molecule has 0 bridgehead atoms. The van der Waals surface area contributed by atoms with Gasteiger partial charge in [0, 0.05) is 12.8 Å². The minimum Gasteiger partial charge on any atom is -0.467 e. The fourth-order valence-corrected chi connectivity index (χ4v) is 5.92. The summed E-state index contributed by atoms with van der Waals surface area (Å²) in [5, 5.41) is 8.07. The van der Waals surface area contributed by atoms with Crippen molar-refractivity contribution >= 4 is 31.3 Å². The lowest BCUT2D eigenvalue weighted by atomic mass is 9.99. The van der Waals surface area contributed by atoms with Crippen LogP contribution in [0.15, 0.2) is 30.3 Å². The molecule has 1 rings (SSSR count). The van der Waals surface area contributed by atoms with E-state index < -0.39 is 55.3 Å². The van der Waals surface area contributed by atoms with Gasteiger partial charge in [-0.05, 0) is 35.7 Å². The molecule has 42 heavy (non-hydrogen) atoms. The molecule has 0 fully saturated rings. The summed E-state index contributed by atoms with van der Waals surface area (Å²) < 4.78 is 23.9. The number of carbonyl (C=O) groups is 4. The van der Waals surface area contributed by atoms with Crippen molar-refractivity contribution in [2.24, 2.45) is 23.7 Å². The summed E-state index contributed by atoms with van der Waals surface area (Å²) in [4.78, 5) is 62.7. The molecule has 1 aromatic rings. The molecule has 1 aromatic carbocycles. The fraction of sp³-hybridized carbons (Fsp3) is 0.667. The monoisotopic (exact) mass is 611 g/mol. The van der Waals surface area contributed by atoms with E-state index in [2.05, 4.69) is 16.0 Å². The van der Waals surface area contributed by atoms with E-state index in [9.17, 15) is 28.6 Å². The van der Waals surface area contributed by atoms with E-state index in [0.29, 0.717) is 5.56 Å². The zero-order chi connectivity index (χ0) is 32.2. The Morgan fingerprint density at radius 1 is 0.810 bits per heavy atom. The third-order valence-electron chi connectivity index (χ3n) is 6.51. The van der Waals surface area contributed by atoms with Crippen molar-refractivity contribution in [2.45, 2.75) is 98.6 Å². The predicted octanol–water partition coefficient (Wildman–Crippen LogP) is 3.79. The zero-order valence-corrected chi connectivity index (χ0v) is 27.3. The maximum absolute atomic E-state index is 13.6. The SMILES string of the molecule is COC(=O)[C@H](Cc1ccccc1)OP(=O)(O)[C@H](CC(C)C)NC(=O)[C@@H](NC(=O)[C@@H](NC(=O)CC(C)C)C(C)C)C(C)C. The number of nitrogens with one attached hydrogen (secondary N) is 3. The minimum absolute atomic E-state index is 0.00972. The lowest BCUT2D eigenvalue weighted by molar-refractivity contribution is -0.149. The van der Waals surface area contributed by atoms with Crippen LogP contribution in [-0.4, -0.2) is 59.7 Å². The summed E-state index contributed by atoms with van der Waals surface area (Å²) in [7, 11) is -3.49. The predicted molar refractivity (Wildman–Crippen MR) is 161 cm³/mol. The number of ether oxygens (including phenoxy) is 1. The maximum Gasteiger partial charge on any atom is 0.351 e. The first kappa shape index (κ1) is 37.3. The Kier molecular flexibility index (Phi) is 15.4. The van der Waals surface area contributed by atoms with Gasteiger partial charge in [-0.1, -0.05) is 85.7 Å². The highest BCUT2D eigenvalue weighted by atomic mass is 31.2. The van der Waals surface area contributed by atoms with E-state index in [4.69, 9.17) is 9.26 Å². The number of benzene rings is 1. The van der Waals surface area contributed by atoms with Gasteiger partial charge in [0.15, 0.2) is 6.10 Å². The topological polar surface area (TPSA) is 160 Å². The molecule has 0 radical (unpaired) electrons. The van der Waals surface area contributed by atoms with Crippen LogP contribution in [0.25, 0.3) is 0 Å². The number of amides is 3. The van der Waals surface area contributed by atoms with Gasteiger partial charge in [-0.3, -0.25) is 23.5 Å². The smallest absolute Gasteiger partial charge is 0.351 e. The Morgan fingerprint density at radius 2 is 1.33 bits per heavy atom. The molecule has 0 saturated carbocycles. The maximum atomic E-state index is 13.6. The Morgan fingerprint density at radius 3 is 1.81 bits per heavy atom. The lowest BCUT2D eigenvalue weighted by Gasteiger charge is -2.31. The van der Waals surface area contributed by atoms with E-state index in [1.807, 2.05) is 27.7 Å². The summed E-state index contributed by atoms with van der Waals surface area (Å²) in [6.07, 6.45) is -1.08. The second-order valence-corrected chi connectivity index (χ2v) is 14.1. The van der Waals surface area contributed by atoms with Crippen molar-refractivity contribution in [2.75, 3.05) is 7.11 Å². The van der Waals surface area contributed by atoms with Crippen LogP contribution in [0.2, 0.25) is 0 Å². The number of hydrogen-bond donors (Lipinski definition) is 4. The molecule has 0 aliphatic carbocycles. The van der Waals surface area contributed by atoms with Gasteiger partial charge in [0.1, 0.15) is 17.9 Å². The molecular formula is C30H50N3O8P. The molecule has 4 N–H and O–H groups in total. The summed E-state index contributed by atoms with van der Waals surface area (Å²) >= 11 is 0. The van der Waals surface area contributed by atoms with Crippen molar-refractivity contribution in [1.29, 1.82) is 0 Å². The number of methoxy groups -OCH3 is 1. The van der Waals surface area contributed by atoms with E-state index in [0.717, 1.165) is 7.11 Å². The lowest BCUT2D eigenvalue weighted by Crippen LogP contribution is -2.58. The second kappa shape index (κ2) is 17.4. The molecule has 12 heteroatoms. The third kappa shape index (κ3) is 12.6. The van der Waals surface area contributed by atoms with E-state index in [1.165, 1.54) is 0 Å². The van der Waals surface area contributed by atoms with Crippen molar-refractivity contribution in [3.63, 3.8) is 0 Å². The van der Waals surface area contributed by atoms with Crippen LogP contribution in [0.3, 0.4) is 0 Å². The van der Waals surface area contributed by atoms with Crippen LogP contribution < -0.4 is 16.0 Å². The first-order valence-electron chi connectivity index (χ1n) is 14.5. The van der Waals surface area contributed by atoms with Crippen LogP contribution in [0, 0.1) is 23.7 Å². The van der Waals surface area contributed by atoms with Gasteiger partial charge in [-0.2, -0.15) is 0 Å². The van der Waals surface area contributed by atoms with E-state index in [-0.39, 0.29) is 42.9 Å². The van der Waals surface area contributed by atoms with Gasteiger partial charge in [0.2, 0.25) is 17.7 Å². The molecule has 5 atom stereocenters.